The molecule has 1 aromatic rings. The van der Waals surface area contributed by atoms with Crippen molar-refractivity contribution in [3.63, 3.8) is 0 Å². The van der Waals surface area contributed by atoms with Crippen molar-refractivity contribution in [2.24, 2.45) is 5.92 Å². The molecule has 0 aliphatic carbocycles. The first-order valence-corrected chi connectivity index (χ1v) is 8.42. The van der Waals surface area contributed by atoms with Gasteiger partial charge in [-0.3, -0.25) is 4.98 Å². The van der Waals surface area contributed by atoms with Crippen LogP contribution < -0.4 is 4.90 Å². The van der Waals surface area contributed by atoms with E-state index in [-0.39, 0.29) is 6.09 Å². The molecule has 1 saturated heterocycles. The van der Waals surface area contributed by atoms with Crippen molar-refractivity contribution in [3.8, 4) is 0 Å². The summed E-state index contributed by atoms with van der Waals surface area (Å²) < 4.78 is 5.41. The van der Waals surface area contributed by atoms with Crippen molar-refractivity contribution in [2.75, 3.05) is 31.6 Å². The maximum absolute atomic E-state index is 12.1. The SMILES string of the molecule is CN(CC1CCCN(c2cnccc2Cl)C1)C(=O)OC(C)(C)C. The second kappa shape index (κ2) is 7.39. The molecule has 6 heteroatoms. The minimum atomic E-state index is -0.465. The molecule has 0 bridgehead atoms. The smallest absolute Gasteiger partial charge is 0.410 e. The van der Waals surface area contributed by atoms with Gasteiger partial charge in [0.15, 0.2) is 0 Å². The first kappa shape index (κ1) is 17.9. The molecular formula is C17H26ClN3O2. The largest absolute Gasteiger partial charge is 0.444 e. The number of pyridine rings is 1. The predicted octanol–water partition coefficient (Wildman–Crippen LogP) is 3.82. The quantitative estimate of drug-likeness (QED) is 0.839. The normalized spacial score (nSPS) is 18.7. The molecule has 0 radical (unpaired) electrons. The van der Waals surface area contributed by atoms with Gasteiger partial charge in [-0.1, -0.05) is 11.6 Å². The number of amides is 1. The Kier molecular flexibility index (Phi) is 5.74. The molecule has 0 saturated carbocycles. The lowest BCUT2D eigenvalue weighted by molar-refractivity contribution is 0.0269. The van der Waals surface area contributed by atoms with Gasteiger partial charge >= 0.3 is 6.09 Å². The number of hydrogen-bond acceptors (Lipinski definition) is 4. The summed E-state index contributed by atoms with van der Waals surface area (Å²) in [5.41, 5.74) is 0.506. The second-order valence-corrected chi connectivity index (χ2v) is 7.55. The molecule has 1 fully saturated rings. The number of carbonyl (C=O) groups excluding carboxylic acids is 1. The number of carbonyl (C=O) groups is 1. The van der Waals surface area contributed by atoms with Gasteiger partial charge in [-0.25, -0.2) is 4.79 Å². The van der Waals surface area contributed by atoms with Crippen molar-refractivity contribution in [1.82, 2.24) is 9.88 Å². The highest BCUT2D eigenvalue weighted by Gasteiger charge is 2.26. The molecule has 0 N–H and O–H groups in total. The topological polar surface area (TPSA) is 45.7 Å². The van der Waals surface area contributed by atoms with Gasteiger partial charge in [0.1, 0.15) is 5.60 Å². The van der Waals surface area contributed by atoms with E-state index in [1.54, 1.807) is 18.1 Å². The molecule has 23 heavy (non-hydrogen) atoms. The summed E-state index contributed by atoms with van der Waals surface area (Å²) in [7, 11) is 1.80. The Labute approximate surface area is 143 Å². The third kappa shape index (κ3) is 5.27. The van der Waals surface area contributed by atoms with E-state index in [0.29, 0.717) is 12.5 Å². The number of nitrogens with zero attached hydrogens (tertiary/aromatic N) is 3. The number of rotatable bonds is 3. The van der Waals surface area contributed by atoms with Crippen LogP contribution in [0.25, 0.3) is 0 Å². The van der Waals surface area contributed by atoms with Crippen molar-refractivity contribution in [3.05, 3.63) is 23.5 Å². The van der Waals surface area contributed by atoms with Crippen molar-refractivity contribution in [1.29, 1.82) is 0 Å². The Balaban J connectivity index is 1.94. The fourth-order valence-electron chi connectivity index (χ4n) is 2.84. The summed E-state index contributed by atoms with van der Waals surface area (Å²) in [6.07, 6.45) is 5.42. The highest BCUT2D eigenvalue weighted by molar-refractivity contribution is 6.33. The number of hydrogen-bond donors (Lipinski definition) is 0. The van der Waals surface area contributed by atoms with E-state index < -0.39 is 5.60 Å². The number of anilines is 1. The molecule has 128 valence electrons. The van der Waals surface area contributed by atoms with E-state index in [0.717, 1.165) is 36.6 Å². The standard InChI is InChI=1S/C17H26ClN3O2/c1-17(2,3)23-16(22)20(4)11-13-6-5-9-21(12-13)15-10-19-8-7-14(15)18/h7-8,10,13H,5-6,9,11-12H2,1-4H3. The Hall–Kier alpha value is -1.49. The van der Waals surface area contributed by atoms with E-state index in [9.17, 15) is 4.79 Å². The molecule has 1 atom stereocenters. The maximum Gasteiger partial charge on any atom is 0.410 e. The van der Waals surface area contributed by atoms with Crippen LogP contribution in [0.4, 0.5) is 10.5 Å². The second-order valence-electron chi connectivity index (χ2n) is 7.14. The zero-order chi connectivity index (χ0) is 17.0. The number of aromatic nitrogens is 1. The van der Waals surface area contributed by atoms with Crippen molar-refractivity contribution in [2.45, 2.75) is 39.2 Å². The third-order valence-corrected chi connectivity index (χ3v) is 4.16. The molecule has 2 heterocycles. The summed E-state index contributed by atoms with van der Waals surface area (Å²) >= 11 is 6.27. The van der Waals surface area contributed by atoms with Gasteiger partial charge in [-0.05, 0) is 45.6 Å². The van der Waals surface area contributed by atoms with Gasteiger partial charge in [0, 0.05) is 32.9 Å². The lowest BCUT2D eigenvalue weighted by Crippen LogP contribution is -2.43. The van der Waals surface area contributed by atoms with Gasteiger partial charge < -0.3 is 14.5 Å². The average Bonchev–Trinajstić information content (AvgIpc) is 2.46. The molecule has 1 aliphatic rings. The molecule has 1 unspecified atom stereocenters. The van der Waals surface area contributed by atoms with Gasteiger partial charge in [-0.15, -0.1) is 0 Å². The van der Waals surface area contributed by atoms with Crippen LogP contribution in [0.1, 0.15) is 33.6 Å². The molecule has 1 amide bonds. The maximum atomic E-state index is 12.1. The Morgan fingerprint density at radius 1 is 1.52 bits per heavy atom. The summed E-state index contributed by atoms with van der Waals surface area (Å²) in [6, 6.07) is 1.81. The first-order valence-electron chi connectivity index (χ1n) is 8.05. The fourth-order valence-corrected chi connectivity index (χ4v) is 3.06. The van der Waals surface area contributed by atoms with Crippen LogP contribution >= 0.6 is 11.6 Å². The predicted molar refractivity (Wildman–Crippen MR) is 93.0 cm³/mol. The summed E-state index contributed by atoms with van der Waals surface area (Å²) in [5, 5.41) is 0.723. The van der Waals surface area contributed by atoms with E-state index in [4.69, 9.17) is 16.3 Å². The Bertz CT molecular complexity index is 545. The van der Waals surface area contributed by atoms with Gasteiger partial charge in [0.05, 0.1) is 16.9 Å². The average molecular weight is 340 g/mol. The van der Waals surface area contributed by atoms with Crippen molar-refractivity contribution >= 4 is 23.4 Å². The zero-order valence-electron chi connectivity index (χ0n) is 14.4. The lowest BCUT2D eigenvalue weighted by Gasteiger charge is -2.36. The third-order valence-electron chi connectivity index (χ3n) is 3.85. The fraction of sp³-hybridized carbons (Fsp3) is 0.647. The van der Waals surface area contributed by atoms with E-state index in [1.807, 2.05) is 33.0 Å². The molecule has 0 aromatic carbocycles. The Morgan fingerprint density at radius 2 is 2.26 bits per heavy atom. The minimum absolute atomic E-state index is 0.269. The molecule has 0 spiro atoms. The van der Waals surface area contributed by atoms with Crippen LogP contribution in [0.3, 0.4) is 0 Å². The van der Waals surface area contributed by atoms with Crippen LogP contribution in [0, 0.1) is 5.92 Å². The molecular weight excluding hydrogens is 314 g/mol. The van der Waals surface area contributed by atoms with Gasteiger partial charge in [0.25, 0.3) is 0 Å². The number of piperidine rings is 1. The highest BCUT2D eigenvalue weighted by Crippen LogP contribution is 2.29. The van der Waals surface area contributed by atoms with Crippen LogP contribution in [-0.2, 0) is 4.74 Å². The van der Waals surface area contributed by atoms with E-state index >= 15 is 0 Å². The molecule has 5 nitrogen and oxygen atoms in total. The van der Waals surface area contributed by atoms with Gasteiger partial charge in [0.2, 0.25) is 0 Å². The van der Waals surface area contributed by atoms with Crippen LogP contribution in [0.15, 0.2) is 18.5 Å². The number of ether oxygens (including phenoxy) is 1. The minimum Gasteiger partial charge on any atom is -0.444 e. The number of halogens is 1. The molecule has 2 rings (SSSR count). The van der Waals surface area contributed by atoms with E-state index in [2.05, 4.69) is 9.88 Å². The van der Waals surface area contributed by atoms with Crippen LogP contribution in [-0.4, -0.2) is 48.3 Å². The summed E-state index contributed by atoms with van der Waals surface area (Å²) in [4.78, 5) is 20.2. The Morgan fingerprint density at radius 3 is 2.91 bits per heavy atom. The van der Waals surface area contributed by atoms with Crippen LogP contribution in [0.5, 0.6) is 0 Å². The highest BCUT2D eigenvalue weighted by atomic mass is 35.5. The monoisotopic (exact) mass is 339 g/mol. The van der Waals surface area contributed by atoms with Gasteiger partial charge in [-0.2, -0.15) is 0 Å². The summed E-state index contributed by atoms with van der Waals surface area (Å²) in [6.45, 7) is 8.17. The molecule has 1 aromatic heterocycles. The summed E-state index contributed by atoms with van der Waals surface area (Å²) in [5.74, 6) is 0.401. The molecule has 1 aliphatic heterocycles. The van der Waals surface area contributed by atoms with Crippen molar-refractivity contribution < 1.29 is 9.53 Å². The first-order chi connectivity index (χ1) is 10.8. The van der Waals surface area contributed by atoms with Crippen LogP contribution in [0.2, 0.25) is 5.02 Å². The lowest BCUT2D eigenvalue weighted by atomic mass is 9.97. The van der Waals surface area contributed by atoms with E-state index in [1.165, 1.54) is 0 Å². The zero-order valence-corrected chi connectivity index (χ0v) is 15.1.